The molecule has 5 nitrogen and oxygen atoms in total. The number of hydrogen-bond acceptors (Lipinski definition) is 4. The number of anilines is 1. The van der Waals surface area contributed by atoms with Crippen LogP contribution in [0.4, 0.5) is 5.69 Å². The SMILES string of the molecule is Cc1ccc(NC2CCN(C(=O)C=Cc3cc(Cl)c4c(c3)OCO4)CC2)cc1. The minimum atomic E-state index is 0.0163. The van der Waals surface area contributed by atoms with Crippen molar-refractivity contribution in [2.24, 2.45) is 0 Å². The second-order valence-corrected chi connectivity index (χ2v) is 7.59. The van der Waals surface area contributed by atoms with Gasteiger partial charge in [-0.3, -0.25) is 4.79 Å². The Bertz CT molecular complexity index is 887. The lowest BCUT2D eigenvalue weighted by atomic mass is 10.0. The van der Waals surface area contributed by atoms with E-state index in [1.165, 1.54) is 5.56 Å². The topological polar surface area (TPSA) is 50.8 Å². The van der Waals surface area contributed by atoms with Gasteiger partial charge in [0.1, 0.15) is 0 Å². The molecular formula is C22H23ClN2O3. The Labute approximate surface area is 169 Å². The molecule has 0 aromatic heterocycles. The Morgan fingerprint density at radius 3 is 2.68 bits per heavy atom. The summed E-state index contributed by atoms with van der Waals surface area (Å²) in [5, 5.41) is 4.05. The van der Waals surface area contributed by atoms with Gasteiger partial charge in [-0.15, -0.1) is 0 Å². The number of fused-ring (bicyclic) bond motifs is 1. The summed E-state index contributed by atoms with van der Waals surface area (Å²) >= 11 is 6.19. The maximum Gasteiger partial charge on any atom is 0.246 e. The zero-order valence-electron chi connectivity index (χ0n) is 15.8. The molecule has 0 radical (unpaired) electrons. The maximum absolute atomic E-state index is 12.5. The predicted molar refractivity (Wildman–Crippen MR) is 111 cm³/mol. The molecule has 0 bridgehead atoms. The second kappa shape index (κ2) is 8.15. The third kappa shape index (κ3) is 4.25. The number of rotatable bonds is 4. The van der Waals surface area contributed by atoms with Crippen LogP contribution in [0.2, 0.25) is 5.02 Å². The van der Waals surface area contributed by atoms with Crippen molar-refractivity contribution in [3.63, 3.8) is 0 Å². The monoisotopic (exact) mass is 398 g/mol. The molecule has 2 aliphatic rings. The van der Waals surface area contributed by atoms with Crippen molar-refractivity contribution in [3.05, 3.63) is 58.6 Å². The van der Waals surface area contributed by atoms with E-state index in [0.29, 0.717) is 22.6 Å². The van der Waals surface area contributed by atoms with E-state index in [4.69, 9.17) is 21.1 Å². The van der Waals surface area contributed by atoms with Crippen LogP contribution in [0.15, 0.2) is 42.5 Å². The summed E-state index contributed by atoms with van der Waals surface area (Å²) in [5.41, 5.74) is 3.20. The van der Waals surface area contributed by atoms with E-state index in [0.717, 1.165) is 37.2 Å². The molecular weight excluding hydrogens is 376 g/mol. The molecule has 2 aliphatic heterocycles. The van der Waals surface area contributed by atoms with E-state index < -0.39 is 0 Å². The number of benzene rings is 2. The number of ether oxygens (including phenoxy) is 2. The van der Waals surface area contributed by atoms with Crippen LogP contribution in [0, 0.1) is 6.92 Å². The van der Waals surface area contributed by atoms with Crippen molar-refractivity contribution in [1.29, 1.82) is 0 Å². The van der Waals surface area contributed by atoms with Crippen LogP contribution >= 0.6 is 11.6 Å². The summed E-state index contributed by atoms with van der Waals surface area (Å²) in [6.45, 7) is 3.74. The number of halogens is 1. The molecule has 1 saturated heterocycles. The van der Waals surface area contributed by atoms with E-state index in [2.05, 4.69) is 36.5 Å². The van der Waals surface area contributed by atoms with Crippen molar-refractivity contribution in [2.75, 3.05) is 25.2 Å². The third-order valence-electron chi connectivity index (χ3n) is 5.10. The number of nitrogens with one attached hydrogen (secondary N) is 1. The largest absolute Gasteiger partial charge is 0.454 e. The zero-order chi connectivity index (χ0) is 19.5. The van der Waals surface area contributed by atoms with Crippen molar-refractivity contribution < 1.29 is 14.3 Å². The molecule has 1 N–H and O–H groups in total. The molecule has 146 valence electrons. The summed E-state index contributed by atoms with van der Waals surface area (Å²) in [6.07, 6.45) is 5.24. The van der Waals surface area contributed by atoms with E-state index in [1.807, 2.05) is 11.0 Å². The summed E-state index contributed by atoms with van der Waals surface area (Å²) in [5.74, 6) is 1.19. The average Bonchev–Trinajstić information content (AvgIpc) is 3.18. The lowest BCUT2D eigenvalue weighted by Crippen LogP contribution is -2.41. The molecule has 2 aromatic rings. The fourth-order valence-corrected chi connectivity index (χ4v) is 3.76. The Hall–Kier alpha value is -2.66. The lowest BCUT2D eigenvalue weighted by molar-refractivity contribution is -0.126. The molecule has 0 unspecified atom stereocenters. The van der Waals surface area contributed by atoms with Gasteiger partial charge in [0.2, 0.25) is 12.7 Å². The van der Waals surface area contributed by atoms with Crippen LogP contribution < -0.4 is 14.8 Å². The lowest BCUT2D eigenvalue weighted by Gasteiger charge is -2.32. The first-order valence-corrected chi connectivity index (χ1v) is 9.85. The first-order chi connectivity index (χ1) is 13.6. The van der Waals surface area contributed by atoms with Crippen molar-refractivity contribution in [3.8, 4) is 11.5 Å². The molecule has 0 atom stereocenters. The summed E-state index contributed by atoms with van der Waals surface area (Å²) in [7, 11) is 0. The van der Waals surface area contributed by atoms with Gasteiger partial charge in [-0.1, -0.05) is 29.3 Å². The number of nitrogens with zero attached hydrogens (tertiary/aromatic N) is 1. The van der Waals surface area contributed by atoms with E-state index >= 15 is 0 Å². The second-order valence-electron chi connectivity index (χ2n) is 7.18. The Morgan fingerprint density at radius 1 is 1.18 bits per heavy atom. The first kappa shape index (κ1) is 18.7. The van der Waals surface area contributed by atoms with Crippen molar-refractivity contribution in [1.82, 2.24) is 4.90 Å². The van der Waals surface area contributed by atoms with Crippen LogP contribution in [0.3, 0.4) is 0 Å². The van der Waals surface area contributed by atoms with Crippen LogP contribution in [0.1, 0.15) is 24.0 Å². The smallest absolute Gasteiger partial charge is 0.246 e. The highest BCUT2D eigenvalue weighted by Gasteiger charge is 2.22. The molecule has 1 amide bonds. The summed E-state index contributed by atoms with van der Waals surface area (Å²) in [4.78, 5) is 14.4. The maximum atomic E-state index is 12.5. The van der Waals surface area contributed by atoms with E-state index in [9.17, 15) is 4.79 Å². The Balaban J connectivity index is 1.31. The van der Waals surface area contributed by atoms with Gasteiger partial charge in [0.25, 0.3) is 0 Å². The van der Waals surface area contributed by atoms with Gasteiger partial charge in [0.15, 0.2) is 11.5 Å². The highest BCUT2D eigenvalue weighted by molar-refractivity contribution is 6.32. The molecule has 0 spiro atoms. The highest BCUT2D eigenvalue weighted by atomic mass is 35.5. The third-order valence-corrected chi connectivity index (χ3v) is 5.38. The average molecular weight is 399 g/mol. The first-order valence-electron chi connectivity index (χ1n) is 9.48. The van der Waals surface area contributed by atoms with Crippen molar-refractivity contribution in [2.45, 2.75) is 25.8 Å². The van der Waals surface area contributed by atoms with Crippen LogP contribution in [-0.4, -0.2) is 36.7 Å². The van der Waals surface area contributed by atoms with Gasteiger partial charge in [-0.25, -0.2) is 0 Å². The quantitative estimate of drug-likeness (QED) is 0.771. The number of likely N-dealkylation sites (tertiary alicyclic amines) is 1. The van der Waals surface area contributed by atoms with Gasteiger partial charge >= 0.3 is 0 Å². The Kier molecular flexibility index (Phi) is 5.44. The van der Waals surface area contributed by atoms with Gasteiger partial charge in [-0.05, 0) is 55.7 Å². The zero-order valence-corrected chi connectivity index (χ0v) is 16.5. The summed E-state index contributed by atoms with van der Waals surface area (Å²) in [6, 6.07) is 12.4. The molecule has 1 fully saturated rings. The fourth-order valence-electron chi connectivity index (χ4n) is 3.49. The number of amides is 1. The number of hydrogen-bond donors (Lipinski definition) is 1. The molecule has 2 heterocycles. The van der Waals surface area contributed by atoms with Crippen LogP contribution in [-0.2, 0) is 4.79 Å². The minimum absolute atomic E-state index is 0.0163. The molecule has 6 heteroatoms. The molecule has 2 aromatic carbocycles. The number of carbonyl (C=O) groups is 1. The molecule has 0 saturated carbocycles. The Morgan fingerprint density at radius 2 is 1.93 bits per heavy atom. The normalized spacial score (nSPS) is 16.6. The van der Waals surface area contributed by atoms with Crippen LogP contribution in [0.5, 0.6) is 11.5 Å². The summed E-state index contributed by atoms with van der Waals surface area (Å²) < 4.78 is 10.7. The van der Waals surface area contributed by atoms with E-state index in [1.54, 1.807) is 18.2 Å². The van der Waals surface area contributed by atoms with E-state index in [-0.39, 0.29) is 12.7 Å². The van der Waals surface area contributed by atoms with Gasteiger partial charge in [-0.2, -0.15) is 0 Å². The number of piperidine rings is 1. The molecule has 4 rings (SSSR count). The molecule has 0 aliphatic carbocycles. The van der Waals surface area contributed by atoms with Gasteiger partial charge in [0, 0.05) is 30.9 Å². The van der Waals surface area contributed by atoms with Gasteiger partial charge < -0.3 is 19.7 Å². The molecule has 28 heavy (non-hydrogen) atoms. The number of aryl methyl sites for hydroxylation is 1. The van der Waals surface area contributed by atoms with Crippen LogP contribution in [0.25, 0.3) is 6.08 Å². The minimum Gasteiger partial charge on any atom is -0.454 e. The highest BCUT2D eigenvalue weighted by Crippen LogP contribution is 2.40. The van der Waals surface area contributed by atoms with Gasteiger partial charge in [0.05, 0.1) is 5.02 Å². The fraction of sp³-hybridized carbons (Fsp3) is 0.318. The standard InChI is InChI=1S/C22H23ClN2O3/c1-15-2-5-17(6-3-15)24-18-8-10-25(11-9-18)21(26)7-4-16-12-19(23)22-20(13-16)27-14-28-22/h2-7,12-13,18,24H,8-11,14H2,1H3. The van der Waals surface area contributed by atoms with Crippen molar-refractivity contribution >= 4 is 29.3 Å². The predicted octanol–water partition coefficient (Wildman–Crippen LogP) is 4.49. The number of carbonyl (C=O) groups excluding carboxylic acids is 1.